The van der Waals surface area contributed by atoms with Gasteiger partial charge in [-0.2, -0.15) is 0 Å². The zero-order valence-corrected chi connectivity index (χ0v) is 6.81. The van der Waals surface area contributed by atoms with Crippen molar-refractivity contribution in [2.45, 2.75) is 38.5 Å². The lowest BCUT2D eigenvalue weighted by Gasteiger charge is -2.27. The van der Waals surface area contributed by atoms with E-state index in [1.807, 2.05) is 6.08 Å². The molecule has 60 valence electrons. The Hall–Kier alpha value is -0.590. The Kier molecular flexibility index (Phi) is 1.80. The molecular formula is C10H14O. The van der Waals surface area contributed by atoms with Crippen LogP contribution in [-0.4, -0.2) is 5.78 Å². The number of rotatable bonds is 0. The molecule has 0 N–H and O–H groups in total. The van der Waals surface area contributed by atoms with Crippen molar-refractivity contribution < 1.29 is 4.79 Å². The Bertz CT molecular complexity index is 203. The van der Waals surface area contributed by atoms with Crippen LogP contribution in [0.15, 0.2) is 11.6 Å². The summed E-state index contributed by atoms with van der Waals surface area (Å²) in [6.07, 6.45) is 9.04. The molecule has 0 radical (unpaired) electrons. The number of hydrogen-bond donors (Lipinski definition) is 0. The van der Waals surface area contributed by atoms with Crippen molar-refractivity contribution in [2.75, 3.05) is 0 Å². The molecule has 0 unspecified atom stereocenters. The highest BCUT2D eigenvalue weighted by atomic mass is 16.1. The van der Waals surface area contributed by atoms with Gasteiger partial charge in [0.05, 0.1) is 0 Å². The van der Waals surface area contributed by atoms with E-state index in [-0.39, 0.29) is 0 Å². The molecule has 0 aromatic rings. The van der Waals surface area contributed by atoms with Crippen LogP contribution < -0.4 is 0 Å². The SMILES string of the molecule is O=C1C=C2CCCC[C@@H]2CC1. The maximum atomic E-state index is 11.0. The van der Waals surface area contributed by atoms with Crippen LogP contribution >= 0.6 is 0 Å². The summed E-state index contributed by atoms with van der Waals surface area (Å²) in [5.41, 5.74) is 1.45. The second-order valence-electron chi connectivity index (χ2n) is 3.67. The summed E-state index contributed by atoms with van der Waals surface area (Å²) >= 11 is 0. The molecule has 1 heteroatoms. The van der Waals surface area contributed by atoms with E-state index >= 15 is 0 Å². The lowest BCUT2D eigenvalue weighted by Crippen LogP contribution is -2.17. The highest BCUT2D eigenvalue weighted by Gasteiger charge is 2.23. The fraction of sp³-hybridized carbons (Fsp3) is 0.700. The molecule has 0 bridgehead atoms. The first kappa shape index (κ1) is 7.08. The quantitative estimate of drug-likeness (QED) is 0.518. The molecule has 1 atom stereocenters. The topological polar surface area (TPSA) is 17.1 Å². The van der Waals surface area contributed by atoms with Crippen molar-refractivity contribution in [1.29, 1.82) is 0 Å². The van der Waals surface area contributed by atoms with Gasteiger partial charge in [0.1, 0.15) is 0 Å². The number of ketones is 1. The standard InChI is InChI=1S/C10H14O/c11-10-6-5-8-3-1-2-4-9(8)7-10/h7-8H,1-6H2/t8-/m1/s1. The Labute approximate surface area is 67.5 Å². The fourth-order valence-electron chi connectivity index (χ4n) is 2.22. The van der Waals surface area contributed by atoms with E-state index in [1.54, 1.807) is 0 Å². The zero-order chi connectivity index (χ0) is 7.68. The van der Waals surface area contributed by atoms with Crippen molar-refractivity contribution >= 4 is 5.78 Å². The summed E-state index contributed by atoms with van der Waals surface area (Å²) in [4.78, 5) is 11.0. The van der Waals surface area contributed by atoms with Crippen LogP contribution in [0.4, 0.5) is 0 Å². The monoisotopic (exact) mass is 150 g/mol. The first-order valence-corrected chi connectivity index (χ1v) is 4.59. The summed E-state index contributed by atoms with van der Waals surface area (Å²) < 4.78 is 0. The summed E-state index contributed by atoms with van der Waals surface area (Å²) in [5, 5.41) is 0. The Morgan fingerprint density at radius 3 is 3.00 bits per heavy atom. The first-order chi connectivity index (χ1) is 5.36. The summed E-state index contributed by atoms with van der Waals surface area (Å²) in [6.45, 7) is 0. The van der Waals surface area contributed by atoms with Crippen LogP contribution in [0.2, 0.25) is 0 Å². The van der Waals surface area contributed by atoms with E-state index in [1.165, 1.54) is 31.3 Å². The van der Waals surface area contributed by atoms with Crippen LogP contribution in [0.25, 0.3) is 0 Å². The molecule has 2 rings (SSSR count). The largest absolute Gasteiger partial charge is 0.295 e. The molecule has 2 aliphatic rings. The van der Waals surface area contributed by atoms with Gasteiger partial charge in [-0.15, -0.1) is 0 Å². The highest BCUT2D eigenvalue weighted by Crippen LogP contribution is 2.35. The molecule has 0 heterocycles. The van der Waals surface area contributed by atoms with Gasteiger partial charge in [0.15, 0.2) is 5.78 Å². The third kappa shape index (κ3) is 1.37. The van der Waals surface area contributed by atoms with Gasteiger partial charge in [0, 0.05) is 6.42 Å². The van der Waals surface area contributed by atoms with Gasteiger partial charge < -0.3 is 0 Å². The maximum absolute atomic E-state index is 11.0. The summed E-state index contributed by atoms with van der Waals surface area (Å²) in [7, 11) is 0. The smallest absolute Gasteiger partial charge is 0.155 e. The Morgan fingerprint density at radius 2 is 2.09 bits per heavy atom. The van der Waals surface area contributed by atoms with Gasteiger partial charge >= 0.3 is 0 Å². The van der Waals surface area contributed by atoms with Crippen molar-refractivity contribution in [1.82, 2.24) is 0 Å². The number of fused-ring (bicyclic) bond motifs is 1. The molecule has 2 aliphatic carbocycles. The number of carbonyl (C=O) groups excluding carboxylic acids is 1. The third-order valence-electron chi connectivity index (χ3n) is 2.88. The van der Waals surface area contributed by atoms with Gasteiger partial charge in [0.2, 0.25) is 0 Å². The molecular weight excluding hydrogens is 136 g/mol. The zero-order valence-electron chi connectivity index (χ0n) is 6.81. The van der Waals surface area contributed by atoms with Gasteiger partial charge in [-0.05, 0) is 37.7 Å². The Balaban J connectivity index is 2.16. The van der Waals surface area contributed by atoms with Crippen LogP contribution in [0.5, 0.6) is 0 Å². The molecule has 0 saturated heterocycles. The molecule has 0 aromatic carbocycles. The van der Waals surface area contributed by atoms with E-state index in [0.29, 0.717) is 5.78 Å². The van der Waals surface area contributed by atoms with E-state index in [0.717, 1.165) is 18.8 Å². The van der Waals surface area contributed by atoms with E-state index < -0.39 is 0 Å². The van der Waals surface area contributed by atoms with E-state index in [2.05, 4.69) is 0 Å². The second-order valence-corrected chi connectivity index (χ2v) is 3.67. The first-order valence-electron chi connectivity index (χ1n) is 4.59. The van der Waals surface area contributed by atoms with Gasteiger partial charge in [-0.3, -0.25) is 4.79 Å². The minimum absolute atomic E-state index is 0.359. The molecule has 11 heavy (non-hydrogen) atoms. The van der Waals surface area contributed by atoms with Crippen LogP contribution in [0.3, 0.4) is 0 Å². The normalized spacial score (nSPS) is 31.1. The average molecular weight is 150 g/mol. The minimum Gasteiger partial charge on any atom is -0.295 e. The van der Waals surface area contributed by atoms with Crippen molar-refractivity contribution in [3.05, 3.63) is 11.6 Å². The molecule has 0 amide bonds. The molecule has 0 aromatic heterocycles. The Morgan fingerprint density at radius 1 is 1.18 bits per heavy atom. The third-order valence-corrected chi connectivity index (χ3v) is 2.88. The maximum Gasteiger partial charge on any atom is 0.155 e. The summed E-state index contributed by atoms with van der Waals surface area (Å²) in [6, 6.07) is 0. The average Bonchev–Trinajstić information content (AvgIpc) is 2.04. The second kappa shape index (κ2) is 2.80. The predicted molar refractivity (Wildman–Crippen MR) is 44.3 cm³/mol. The van der Waals surface area contributed by atoms with Crippen LogP contribution in [-0.2, 0) is 4.79 Å². The number of allylic oxidation sites excluding steroid dienone is 2. The van der Waals surface area contributed by atoms with Gasteiger partial charge in [-0.1, -0.05) is 12.0 Å². The summed E-state index contributed by atoms with van der Waals surface area (Å²) in [5.74, 6) is 1.14. The van der Waals surface area contributed by atoms with Gasteiger partial charge in [-0.25, -0.2) is 0 Å². The van der Waals surface area contributed by atoms with E-state index in [4.69, 9.17) is 0 Å². The molecule has 1 fully saturated rings. The number of hydrogen-bond acceptors (Lipinski definition) is 1. The molecule has 1 saturated carbocycles. The van der Waals surface area contributed by atoms with Crippen molar-refractivity contribution in [2.24, 2.45) is 5.92 Å². The van der Waals surface area contributed by atoms with Crippen molar-refractivity contribution in [3.63, 3.8) is 0 Å². The highest BCUT2D eigenvalue weighted by molar-refractivity contribution is 5.91. The molecule has 1 nitrogen and oxygen atoms in total. The van der Waals surface area contributed by atoms with Crippen LogP contribution in [0, 0.1) is 5.92 Å². The van der Waals surface area contributed by atoms with Crippen LogP contribution in [0.1, 0.15) is 38.5 Å². The van der Waals surface area contributed by atoms with Gasteiger partial charge in [0.25, 0.3) is 0 Å². The minimum atomic E-state index is 0.359. The van der Waals surface area contributed by atoms with E-state index in [9.17, 15) is 4.79 Å². The lowest BCUT2D eigenvalue weighted by molar-refractivity contribution is -0.115. The van der Waals surface area contributed by atoms with Crippen molar-refractivity contribution in [3.8, 4) is 0 Å². The predicted octanol–water partition coefficient (Wildman–Crippen LogP) is 2.47. The fourth-order valence-corrected chi connectivity index (χ4v) is 2.22. The lowest BCUT2D eigenvalue weighted by atomic mass is 9.77. The molecule has 0 aliphatic heterocycles. The molecule has 0 spiro atoms. The number of carbonyl (C=O) groups is 1.